The van der Waals surface area contributed by atoms with Gasteiger partial charge < -0.3 is 0 Å². The SMILES string of the molecule is CCCC1CCC(c2ccc([Si](C)(C)Cl)cc2)CC1. The first-order valence-electron chi connectivity index (χ1n) is 7.80. The minimum atomic E-state index is -1.66. The van der Waals surface area contributed by atoms with Crippen molar-refractivity contribution < 1.29 is 0 Å². The molecule has 0 radical (unpaired) electrons. The Morgan fingerprint density at radius 2 is 1.63 bits per heavy atom. The summed E-state index contributed by atoms with van der Waals surface area (Å²) in [6, 6.07) is 9.20. The predicted molar refractivity (Wildman–Crippen MR) is 89.0 cm³/mol. The van der Waals surface area contributed by atoms with Gasteiger partial charge in [-0.15, -0.1) is 0 Å². The van der Waals surface area contributed by atoms with Crippen LogP contribution in [0.5, 0.6) is 0 Å². The highest BCUT2D eigenvalue weighted by molar-refractivity contribution is 7.26. The van der Waals surface area contributed by atoms with Crippen molar-refractivity contribution >= 4 is 23.6 Å². The Morgan fingerprint density at radius 1 is 1.05 bits per heavy atom. The van der Waals surface area contributed by atoms with Crippen LogP contribution in [0.25, 0.3) is 0 Å². The summed E-state index contributed by atoms with van der Waals surface area (Å²) >= 11 is 6.49. The Bertz CT molecular complexity index is 383. The van der Waals surface area contributed by atoms with Gasteiger partial charge in [0.25, 0.3) is 0 Å². The molecule has 0 amide bonds. The Labute approximate surface area is 124 Å². The normalized spacial score (nSPS) is 24.4. The van der Waals surface area contributed by atoms with Crippen LogP contribution in [0.15, 0.2) is 24.3 Å². The molecule has 0 nitrogen and oxygen atoms in total. The van der Waals surface area contributed by atoms with Gasteiger partial charge in [0, 0.05) is 0 Å². The van der Waals surface area contributed by atoms with E-state index in [0.717, 1.165) is 11.8 Å². The van der Waals surface area contributed by atoms with E-state index in [-0.39, 0.29) is 0 Å². The number of rotatable bonds is 4. The van der Waals surface area contributed by atoms with E-state index in [1.54, 1.807) is 0 Å². The maximum absolute atomic E-state index is 6.49. The fourth-order valence-corrected chi connectivity index (χ4v) is 4.68. The minimum absolute atomic E-state index is 0.794. The van der Waals surface area contributed by atoms with E-state index < -0.39 is 7.38 Å². The number of hydrogen-bond donors (Lipinski definition) is 0. The molecule has 1 aromatic carbocycles. The maximum atomic E-state index is 6.49. The van der Waals surface area contributed by atoms with E-state index in [1.807, 2.05) is 0 Å². The molecule has 0 unspecified atom stereocenters. The lowest BCUT2D eigenvalue weighted by Gasteiger charge is -2.29. The molecule has 106 valence electrons. The van der Waals surface area contributed by atoms with Crippen LogP contribution in [0.4, 0.5) is 0 Å². The van der Waals surface area contributed by atoms with Gasteiger partial charge in [-0.3, -0.25) is 0 Å². The van der Waals surface area contributed by atoms with Crippen molar-refractivity contribution in [2.45, 2.75) is 64.5 Å². The van der Waals surface area contributed by atoms with Gasteiger partial charge in [-0.2, -0.15) is 11.1 Å². The standard InChI is InChI=1S/C17H27ClSi/c1-4-5-14-6-8-15(9-7-14)16-10-12-17(13-11-16)19(2,3)18/h10-15H,4-9H2,1-3H3. The monoisotopic (exact) mass is 294 g/mol. The van der Waals surface area contributed by atoms with Crippen LogP contribution < -0.4 is 5.19 Å². The molecular formula is C17H27ClSi. The van der Waals surface area contributed by atoms with Crippen molar-refractivity contribution in [1.29, 1.82) is 0 Å². The van der Waals surface area contributed by atoms with Crippen LogP contribution in [-0.2, 0) is 0 Å². The summed E-state index contributed by atoms with van der Waals surface area (Å²) in [5, 5.41) is 1.36. The molecule has 1 fully saturated rings. The number of halogens is 1. The van der Waals surface area contributed by atoms with Crippen molar-refractivity contribution in [2.75, 3.05) is 0 Å². The molecule has 19 heavy (non-hydrogen) atoms. The quantitative estimate of drug-likeness (QED) is 0.514. The van der Waals surface area contributed by atoms with E-state index in [9.17, 15) is 0 Å². The third kappa shape index (κ3) is 4.09. The summed E-state index contributed by atoms with van der Waals surface area (Å²) in [5.41, 5.74) is 1.54. The summed E-state index contributed by atoms with van der Waals surface area (Å²) in [7, 11) is -1.66. The van der Waals surface area contributed by atoms with Gasteiger partial charge >= 0.3 is 0 Å². The predicted octanol–water partition coefficient (Wildman–Crippen LogP) is 5.41. The second-order valence-corrected chi connectivity index (χ2v) is 13.0. The minimum Gasteiger partial charge on any atom is -0.162 e. The van der Waals surface area contributed by atoms with E-state index >= 15 is 0 Å². The molecule has 2 rings (SSSR count). The van der Waals surface area contributed by atoms with Gasteiger partial charge in [0.05, 0.1) is 0 Å². The summed E-state index contributed by atoms with van der Waals surface area (Å²) < 4.78 is 0. The first-order chi connectivity index (χ1) is 9.00. The highest BCUT2D eigenvalue weighted by Gasteiger charge is 2.23. The van der Waals surface area contributed by atoms with Crippen molar-refractivity contribution in [3.8, 4) is 0 Å². The second kappa shape index (κ2) is 6.45. The lowest BCUT2D eigenvalue weighted by molar-refractivity contribution is 0.308. The molecule has 0 N–H and O–H groups in total. The largest absolute Gasteiger partial charge is 0.180 e. The molecule has 0 spiro atoms. The average Bonchev–Trinajstić information content (AvgIpc) is 2.39. The lowest BCUT2D eigenvalue weighted by Crippen LogP contribution is -2.34. The molecule has 0 aliphatic heterocycles. The first kappa shape index (κ1) is 15.1. The van der Waals surface area contributed by atoms with Crippen LogP contribution in [-0.4, -0.2) is 7.38 Å². The molecule has 1 aliphatic rings. The van der Waals surface area contributed by atoms with Crippen LogP contribution in [0.3, 0.4) is 0 Å². The molecule has 0 heterocycles. The van der Waals surface area contributed by atoms with Gasteiger partial charge in [-0.05, 0) is 48.3 Å². The second-order valence-electron chi connectivity index (χ2n) is 6.60. The van der Waals surface area contributed by atoms with Gasteiger partial charge in [-0.25, -0.2) is 0 Å². The smallest absolute Gasteiger partial charge is 0.162 e. The molecule has 0 saturated heterocycles. The van der Waals surface area contributed by atoms with Crippen molar-refractivity contribution in [3.63, 3.8) is 0 Å². The summed E-state index contributed by atoms with van der Waals surface area (Å²) in [6.45, 7) is 6.70. The third-order valence-electron chi connectivity index (χ3n) is 4.61. The van der Waals surface area contributed by atoms with E-state index in [4.69, 9.17) is 11.1 Å². The summed E-state index contributed by atoms with van der Waals surface area (Å²) in [4.78, 5) is 0. The van der Waals surface area contributed by atoms with Gasteiger partial charge in [0.15, 0.2) is 7.38 Å². The van der Waals surface area contributed by atoms with Gasteiger partial charge in [-0.1, -0.05) is 57.1 Å². The van der Waals surface area contributed by atoms with E-state index in [0.29, 0.717) is 0 Å². The Morgan fingerprint density at radius 3 is 2.11 bits per heavy atom. The van der Waals surface area contributed by atoms with E-state index in [2.05, 4.69) is 44.3 Å². The number of hydrogen-bond acceptors (Lipinski definition) is 0. The van der Waals surface area contributed by atoms with E-state index in [1.165, 1.54) is 49.3 Å². The zero-order chi connectivity index (χ0) is 13.9. The Balaban J connectivity index is 1.97. The molecule has 1 saturated carbocycles. The average molecular weight is 295 g/mol. The van der Waals surface area contributed by atoms with Crippen molar-refractivity contribution in [1.82, 2.24) is 0 Å². The molecule has 0 atom stereocenters. The molecule has 0 bridgehead atoms. The Hall–Kier alpha value is -0.273. The number of benzene rings is 1. The molecular weight excluding hydrogens is 268 g/mol. The van der Waals surface area contributed by atoms with Crippen LogP contribution in [0.2, 0.25) is 13.1 Å². The molecule has 1 aromatic rings. The van der Waals surface area contributed by atoms with Gasteiger partial charge in [0.2, 0.25) is 0 Å². The first-order valence-corrected chi connectivity index (χ1v) is 11.8. The summed E-state index contributed by atoms with van der Waals surface area (Å²) in [6.07, 6.45) is 8.39. The highest BCUT2D eigenvalue weighted by Crippen LogP contribution is 2.37. The fraction of sp³-hybridized carbons (Fsp3) is 0.647. The van der Waals surface area contributed by atoms with Crippen LogP contribution >= 0.6 is 11.1 Å². The van der Waals surface area contributed by atoms with Crippen LogP contribution in [0.1, 0.15) is 56.9 Å². The zero-order valence-electron chi connectivity index (χ0n) is 12.6. The molecule has 2 heteroatoms. The third-order valence-corrected chi connectivity index (χ3v) is 6.97. The lowest BCUT2D eigenvalue weighted by atomic mass is 9.77. The van der Waals surface area contributed by atoms with Crippen LogP contribution in [0, 0.1) is 5.92 Å². The molecule has 0 aromatic heterocycles. The molecule has 1 aliphatic carbocycles. The topological polar surface area (TPSA) is 0 Å². The highest BCUT2D eigenvalue weighted by atomic mass is 35.6. The Kier molecular flexibility index (Phi) is 5.13. The maximum Gasteiger partial charge on any atom is 0.180 e. The van der Waals surface area contributed by atoms with Gasteiger partial charge in [0.1, 0.15) is 0 Å². The fourth-order valence-electron chi connectivity index (χ4n) is 3.34. The van der Waals surface area contributed by atoms with Crippen molar-refractivity contribution in [2.24, 2.45) is 5.92 Å². The summed E-state index contributed by atoms with van der Waals surface area (Å²) in [5.74, 6) is 1.79. The van der Waals surface area contributed by atoms with Crippen molar-refractivity contribution in [3.05, 3.63) is 29.8 Å². The zero-order valence-corrected chi connectivity index (χ0v) is 14.3.